The first kappa shape index (κ1) is 14.9. The predicted molar refractivity (Wildman–Crippen MR) is 86.7 cm³/mol. The summed E-state index contributed by atoms with van der Waals surface area (Å²) in [5, 5.41) is 3.11. The lowest BCUT2D eigenvalue weighted by Crippen LogP contribution is -2.43. The van der Waals surface area contributed by atoms with Crippen LogP contribution in [0.15, 0.2) is 29.1 Å². The van der Waals surface area contributed by atoms with Crippen LogP contribution >= 0.6 is 0 Å². The van der Waals surface area contributed by atoms with Crippen molar-refractivity contribution in [3.8, 4) is 0 Å². The molecule has 1 amide bonds. The molecular weight excluding hydrogens is 278 g/mol. The summed E-state index contributed by atoms with van der Waals surface area (Å²) in [5.41, 5.74) is 1.52. The van der Waals surface area contributed by atoms with Gasteiger partial charge in [0.15, 0.2) is 0 Å². The van der Waals surface area contributed by atoms with E-state index in [9.17, 15) is 9.59 Å². The zero-order chi connectivity index (χ0) is 15.7. The van der Waals surface area contributed by atoms with Crippen LogP contribution in [0.4, 0.5) is 0 Å². The van der Waals surface area contributed by atoms with E-state index in [4.69, 9.17) is 0 Å². The third-order valence-electron chi connectivity index (χ3n) is 4.81. The average molecular weight is 301 g/mol. The van der Waals surface area contributed by atoms with E-state index >= 15 is 0 Å². The van der Waals surface area contributed by atoms with Gasteiger partial charge in [-0.3, -0.25) is 13.9 Å². The molecule has 0 saturated heterocycles. The van der Waals surface area contributed by atoms with Gasteiger partial charge in [-0.15, -0.1) is 0 Å². The summed E-state index contributed by atoms with van der Waals surface area (Å²) < 4.78 is 3.14. The second-order valence-corrected chi connectivity index (χ2v) is 6.35. The fourth-order valence-corrected chi connectivity index (χ4v) is 3.44. The number of hydrogen-bond acceptors (Lipinski definition) is 2. The van der Waals surface area contributed by atoms with Crippen LogP contribution in [0.25, 0.3) is 11.0 Å². The van der Waals surface area contributed by atoms with E-state index in [1.54, 1.807) is 16.2 Å². The van der Waals surface area contributed by atoms with Gasteiger partial charge in [-0.25, -0.2) is 4.79 Å². The second-order valence-electron chi connectivity index (χ2n) is 6.35. The third kappa shape index (κ3) is 2.67. The first-order valence-corrected chi connectivity index (χ1v) is 8.01. The normalized spacial score (nSPS) is 21.9. The monoisotopic (exact) mass is 301 g/mol. The van der Waals surface area contributed by atoms with Gasteiger partial charge in [0.05, 0.1) is 11.0 Å². The van der Waals surface area contributed by atoms with E-state index < -0.39 is 0 Å². The summed E-state index contributed by atoms with van der Waals surface area (Å²) in [6, 6.07) is 7.81. The maximum Gasteiger partial charge on any atom is 0.329 e. The van der Waals surface area contributed by atoms with Gasteiger partial charge < -0.3 is 5.32 Å². The Hall–Kier alpha value is -2.04. The molecule has 3 rings (SSSR count). The van der Waals surface area contributed by atoms with Crippen molar-refractivity contribution in [2.24, 2.45) is 13.0 Å². The summed E-state index contributed by atoms with van der Waals surface area (Å²) >= 11 is 0. The van der Waals surface area contributed by atoms with Gasteiger partial charge in [0.25, 0.3) is 0 Å². The summed E-state index contributed by atoms with van der Waals surface area (Å²) in [4.78, 5) is 24.7. The Bertz CT molecular complexity index is 744. The van der Waals surface area contributed by atoms with E-state index in [2.05, 4.69) is 12.2 Å². The number of nitrogens with one attached hydrogen (secondary N) is 1. The Balaban J connectivity index is 1.80. The highest BCUT2D eigenvalue weighted by Gasteiger charge is 2.23. The fourth-order valence-electron chi connectivity index (χ4n) is 3.44. The number of nitrogens with zero attached hydrogens (tertiary/aromatic N) is 2. The Labute approximate surface area is 129 Å². The summed E-state index contributed by atoms with van der Waals surface area (Å²) in [7, 11) is 1.74. The second kappa shape index (κ2) is 5.99. The van der Waals surface area contributed by atoms with Gasteiger partial charge in [-0.1, -0.05) is 31.9 Å². The van der Waals surface area contributed by atoms with Crippen molar-refractivity contribution in [2.45, 2.75) is 45.2 Å². The van der Waals surface area contributed by atoms with Gasteiger partial charge in [0.1, 0.15) is 6.54 Å². The molecule has 1 heterocycles. The Kier molecular flexibility index (Phi) is 4.05. The number of amides is 1. The van der Waals surface area contributed by atoms with Crippen molar-refractivity contribution < 1.29 is 4.79 Å². The smallest absolute Gasteiger partial charge is 0.329 e. The van der Waals surface area contributed by atoms with Crippen molar-refractivity contribution in [1.82, 2.24) is 14.5 Å². The molecule has 5 heteroatoms. The quantitative estimate of drug-likeness (QED) is 0.943. The Morgan fingerprint density at radius 2 is 1.91 bits per heavy atom. The van der Waals surface area contributed by atoms with Crippen LogP contribution in [0.2, 0.25) is 0 Å². The number of rotatable bonds is 3. The summed E-state index contributed by atoms with van der Waals surface area (Å²) in [5.74, 6) is 0.444. The number of carbonyl (C=O) groups excluding carboxylic acids is 1. The van der Waals surface area contributed by atoms with E-state index in [-0.39, 0.29) is 24.2 Å². The minimum Gasteiger partial charge on any atom is -0.352 e. The zero-order valence-corrected chi connectivity index (χ0v) is 13.2. The van der Waals surface area contributed by atoms with Gasteiger partial charge in [0.2, 0.25) is 5.91 Å². The van der Waals surface area contributed by atoms with Crippen molar-refractivity contribution in [1.29, 1.82) is 0 Å². The number of aromatic nitrogens is 2. The zero-order valence-electron chi connectivity index (χ0n) is 13.2. The third-order valence-corrected chi connectivity index (χ3v) is 4.81. The molecule has 1 aromatic heterocycles. The fraction of sp³-hybridized carbons (Fsp3) is 0.529. The highest BCUT2D eigenvalue weighted by molar-refractivity contribution is 5.81. The van der Waals surface area contributed by atoms with Crippen LogP contribution in [-0.4, -0.2) is 21.1 Å². The molecule has 0 bridgehead atoms. The van der Waals surface area contributed by atoms with E-state index in [0.29, 0.717) is 5.92 Å². The van der Waals surface area contributed by atoms with Gasteiger partial charge in [-0.2, -0.15) is 0 Å². The van der Waals surface area contributed by atoms with Crippen LogP contribution < -0.4 is 11.0 Å². The minimum absolute atomic E-state index is 0.0720. The first-order valence-electron chi connectivity index (χ1n) is 8.01. The first-order chi connectivity index (χ1) is 10.6. The summed E-state index contributed by atoms with van der Waals surface area (Å²) in [6.45, 7) is 2.28. The number of para-hydroxylation sites is 2. The molecular formula is C17H23N3O2. The average Bonchev–Trinajstić information content (AvgIpc) is 2.75. The topological polar surface area (TPSA) is 56.0 Å². The molecule has 1 fully saturated rings. The molecule has 1 aliphatic rings. The number of imidazole rings is 1. The van der Waals surface area contributed by atoms with Crippen molar-refractivity contribution in [3.05, 3.63) is 34.7 Å². The summed E-state index contributed by atoms with van der Waals surface area (Å²) in [6.07, 6.45) is 4.62. The van der Waals surface area contributed by atoms with E-state index in [1.165, 1.54) is 19.3 Å². The van der Waals surface area contributed by atoms with E-state index in [1.807, 2.05) is 24.3 Å². The number of aryl methyl sites for hydroxylation is 1. The van der Waals surface area contributed by atoms with Crippen LogP contribution in [-0.2, 0) is 18.4 Å². The molecule has 0 unspecified atom stereocenters. The van der Waals surface area contributed by atoms with E-state index in [0.717, 1.165) is 17.5 Å². The number of carbonyl (C=O) groups is 1. The molecule has 5 nitrogen and oxygen atoms in total. The lowest BCUT2D eigenvalue weighted by molar-refractivity contribution is -0.122. The molecule has 118 valence electrons. The molecule has 22 heavy (non-hydrogen) atoms. The molecule has 1 N–H and O–H groups in total. The van der Waals surface area contributed by atoms with Gasteiger partial charge >= 0.3 is 5.69 Å². The largest absolute Gasteiger partial charge is 0.352 e. The Morgan fingerprint density at radius 1 is 1.23 bits per heavy atom. The molecule has 0 spiro atoms. The number of hydrogen-bond donors (Lipinski definition) is 1. The Morgan fingerprint density at radius 3 is 2.64 bits per heavy atom. The number of fused-ring (bicyclic) bond motifs is 1. The lowest BCUT2D eigenvalue weighted by Gasteiger charge is -2.29. The molecule has 1 aliphatic carbocycles. The van der Waals surface area contributed by atoms with Crippen molar-refractivity contribution >= 4 is 16.9 Å². The molecule has 0 radical (unpaired) electrons. The minimum atomic E-state index is -0.145. The molecule has 0 aliphatic heterocycles. The van der Waals surface area contributed by atoms with Crippen LogP contribution in [0.1, 0.15) is 32.6 Å². The lowest BCUT2D eigenvalue weighted by atomic mass is 9.86. The van der Waals surface area contributed by atoms with Crippen LogP contribution in [0, 0.1) is 5.92 Å². The SMILES string of the molecule is C[C@H]1CCCC[C@@H]1NC(=O)Cn1c(=O)n(C)c2ccccc21. The van der Waals surface area contributed by atoms with Gasteiger partial charge in [-0.05, 0) is 30.9 Å². The van der Waals surface area contributed by atoms with Crippen molar-refractivity contribution in [3.63, 3.8) is 0 Å². The molecule has 2 atom stereocenters. The maximum absolute atomic E-state index is 12.4. The predicted octanol–water partition coefficient (Wildman–Crippen LogP) is 2.03. The van der Waals surface area contributed by atoms with Gasteiger partial charge in [0, 0.05) is 13.1 Å². The van der Waals surface area contributed by atoms with Crippen molar-refractivity contribution in [2.75, 3.05) is 0 Å². The van der Waals surface area contributed by atoms with Crippen LogP contribution in [0.3, 0.4) is 0 Å². The molecule has 1 aromatic carbocycles. The standard InChI is InChI=1S/C17H23N3O2/c1-12-7-3-4-8-13(12)18-16(21)11-20-15-10-6-5-9-14(15)19(2)17(20)22/h5-6,9-10,12-13H,3-4,7-8,11H2,1-2H3,(H,18,21)/t12-,13-/m0/s1. The number of benzene rings is 1. The highest BCUT2D eigenvalue weighted by atomic mass is 16.2. The maximum atomic E-state index is 12.4. The molecule has 1 saturated carbocycles. The van der Waals surface area contributed by atoms with Crippen LogP contribution in [0.5, 0.6) is 0 Å². The highest BCUT2D eigenvalue weighted by Crippen LogP contribution is 2.23. The molecule has 2 aromatic rings.